The molecule has 10 heteroatoms. The third kappa shape index (κ3) is 11.0. The van der Waals surface area contributed by atoms with Crippen LogP contribution in [0.5, 0.6) is 6.01 Å². The highest BCUT2D eigenvalue weighted by Crippen LogP contribution is 2.31. The Kier molecular flexibility index (Phi) is 14.8. The number of imidazole rings is 1. The molecular weight excluding hydrogens is 472 g/mol. The summed E-state index contributed by atoms with van der Waals surface area (Å²) >= 11 is 0. The summed E-state index contributed by atoms with van der Waals surface area (Å²) in [5.74, 6) is 0. The van der Waals surface area contributed by atoms with Crippen molar-refractivity contribution in [1.29, 1.82) is 0 Å². The second-order valence-electron chi connectivity index (χ2n) is 9.09. The number of alkyl halides is 4. The van der Waals surface area contributed by atoms with E-state index in [2.05, 4.69) is 11.1 Å². The first kappa shape index (κ1) is 30.7. The van der Waals surface area contributed by atoms with Crippen LogP contribution in [0.15, 0.2) is 12.4 Å². The average Bonchev–Trinajstić information content (AvgIpc) is 3.11. The predicted octanol–water partition coefficient (Wildman–Crippen LogP) is 7.14. The maximum absolute atomic E-state index is 13.3. The molecule has 0 aliphatic carbocycles. The van der Waals surface area contributed by atoms with Crippen LogP contribution in [-0.4, -0.2) is 24.7 Å². The first-order valence-corrected chi connectivity index (χ1v) is 14.2. The van der Waals surface area contributed by atoms with Crippen molar-refractivity contribution in [3.63, 3.8) is 0 Å². The van der Waals surface area contributed by atoms with Crippen molar-refractivity contribution in [2.24, 2.45) is 7.05 Å². The number of hydrogen-bond donors (Lipinski definition) is 0. The van der Waals surface area contributed by atoms with Crippen LogP contribution in [0.3, 0.4) is 0 Å². The molecule has 0 aliphatic heterocycles. The van der Waals surface area contributed by atoms with Gasteiger partial charge in [0.05, 0.1) is 13.6 Å². The summed E-state index contributed by atoms with van der Waals surface area (Å²) in [6.45, 7) is 2.59. The van der Waals surface area contributed by atoms with Crippen LogP contribution < -0.4 is 8.75 Å². The molecule has 34 heavy (non-hydrogen) atoms. The highest BCUT2D eigenvalue weighted by Gasteiger charge is 2.57. The van der Waals surface area contributed by atoms with Crippen molar-refractivity contribution in [3.05, 3.63) is 12.4 Å². The minimum atomic E-state index is -5.81. The van der Waals surface area contributed by atoms with Gasteiger partial charge < -0.3 is 4.18 Å². The Morgan fingerprint density at radius 3 is 1.68 bits per heavy atom. The van der Waals surface area contributed by atoms with E-state index >= 15 is 0 Å². The standard InChI is InChI=1S/C24H43F4N2O3S/c1-3-4-5-6-7-8-9-10-11-12-13-14-15-16-17-18-19-30-21-20-29(2)23(30)33-34(31,32)24(27,28)22(25)26/h20-22H,3-19H2,1-2H3/q+1. The van der Waals surface area contributed by atoms with Crippen LogP contribution in [0.25, 0.3) is 0 Å². The highest BCUT2D eigenvalue weighted by molar-refractivity contribution is 7.88. The maximum atomic E-state index is 13.3. The fraction of sp³-hybridized carbons (Fsp3) is 0.875. The zero-order chi connectivity index (χ0) is 25.5. The molecule has 200 valence electrons. The van der Waals surface area contributed by atoms with Gasteiger partial charge in [-0.3, -0.25) is 0 Å². The lowest BCUT2D eigenvalue weighted by Crippen LogP contribution is -2.42. The Bertz CT molecular complexity index is 770. The molecular formula is C24H43F4N2O3S+. The molecule has 0 aromatic carbocycles. The molecule has 5 nitrogen and oxygen atoms in total. The van der Waals surface area contributed by atoms with Gasteiger partial charge in [-0.15, -0.1) is 0 Å². The predicted molar refractivity (Wildman–Crippen MR) is 126 cm³/mol. The van der Waals surface area contributed by atoms with Crippen LogP contribution >= 0.6 is 0 Å². The van der Waals surface area contributed by atoms with E-state index in [9.17, 15) is 26.0 Å². The van der Waals surface area contributed by atoms with Gasteiger partial charge in [0.15, 0.2) is 0 Å². The first-order valence-electron chi connectivity index (χ1n) is 12.8. The van der Waals surface area contributed by atoms with Crippen LogP contribution in [0.4, 0.5) is 17.6 Å². The van der Waals surface area contributed by atoms with Gasteiger partial charge in [-0.1, -0.05) is 96.8 Å². The largest absolute Gasteiger partial charge is 0.471 e. The Morgan fingerprint density at radius 1 is 0.853 bits per heavy atom. The van der Waals surface area contributed by atoms with Gasteiger partial charge in [0.25, 0.3) is 0 Å². The van der Waals surface area contributed by atoms with E-state index in [0.29, 0.717) is 13.0 Å². The van der Waals surface area contributed by atoms with Crippen molar-refractivity contribution in [2.75, 3.05) is 0 Å². The van der Waals surface area contributed by atoms with Gasteiger partial charge in [-0.05, 0) is 12.8 Å². The van der Waals surface area contributed by atoms with Gasteiger partial charge in [0, 0.05) is 0 Å². The van der Waals surface area contributed by atoms with Crippen molar-refractivity contribution in [3.8, 4) is 6.01 Å². The number of unbranched alkanes of at least 4 members (excludes halogenated alkanes) is 15. The van der Waals surface area contributed by atoms with Gasteiger partial charge in [-0.2, -0.15) is 26.3 Å². The fourth-order valence-corrected chi connectivity index (χ4v) is 4.62. The Morgan fingerprint density at radius 2 is 1.26 bits per heavy atom. The Labute approximate surface area is 203 Å². The van der Waals surface area contributed by atoms with Crippen molar-refractivity contribution < 1.29 is 34.7 Å². The van der Waals surface area contributed by atoms with E-state index in [0.717, 1.165) is 19.3 Å². The lowest BCUT2D eigenvalue weighted by molar-refractivity contribution is -0.674. The highest BCUT2D eigenvalue weighted by atomic mass is 32.2. The fourth-order valence-electron chi connectivity index (χ4n) is 3.88. The monoisotopic (exact) mass is 515 g/mol. The third-order valence-corrected chi connectivity index (χ3v) is 7.26. The first-order chi connectivity index (χ1) is 16.1. The Hall–Kier alpha value is -1.32. The van der Waals surface area contributed by atoms with Crippen LogP contribution in [0.1, 0.15) is 110 Å². The molecule has 0 fully saturated rings. The van der Waals surface area contributed by atoms with E-state index < -0.39 is 27.8 Å². The molecule has 1 heterocycles. The van der Waals surface area contributed by atoms with Crippen molar-refractivity contribution >= 4 is 10.1 Å². The molecule has 0 radical (unpaired) electrons. The van der Waals surface area contributed by atoms with Crippen LogP contribution in [-0.2, 0) is 23.7 Å². The second-order valence-corrected chi connectivity index (χ2v) is 10.7. The molecule has 0 aliphatic rings. The number of nitrogens with zero attached hydrogens (tertiary/aromatic N) is 2. The lowest BCUT2D eigenvalue weighted by atomic mass is 10.0. The summed E-state index contributed by atoms with van der Waals surface area (Å²) in [4.78, 5) is 0. The molecule has 0 N–H and O–H groups in total. The topological polar surface area (TPSA) is 52.2 Å². The number of hydrogen-bond acceptors (Lipinski definition) is 3. The maximum Gasteiger partial charge on any atom is 0.471 e. The number of halogens is 4. The molecule has 1 aromatic rings. The summed E-state index contributed by atoms with van der Waals surface area (Å²) < 4.78 is 81.6. The molecule has 1 aromatic heterocycles. The quantitative estimate of drug-likeness (QED) is 0.0757. The summed E-state index contributed by atoms with van der Waals surface area (Å²) in [6, 6.07) is -0.415. The summed E-state index contributed by atoms with van der Waals surface area (Å²) in [5, 5.41) is -5.27. The van der Waals surface area contributed by atoms with Gasteiger partial charge in [0.2, 0.25) is 0 Å². The third-order valence-electron chi connectivity index (χ3n) is 6.04. The van der Waals surface area contributed by atoms with Crippen LogP contribution in [0.2, 0.25) is 0 Å². The summed E-state index contributed by atoms with van der Waals surface area (Å²) in [6.07, 6.45) is 18.1. The molecule has 0 unspecified atom stereocenters. The minimum Gasteiger partial charge on any atom is -0.304 e. The zero-order valence-electron chi connectivity index (χ0n) is 20.8. The van der Waals surface area contributed by atoms with E-state index in [-0.39, 0.29) is 0 Å². The second kappa shape index (κ2) is 16.4. The van der Waals surface area contributed by atoms with Gasteiger partial charge >= 0.3 is 27.8 Å². The number of rotatable bonds is 21. The average molecular weight is 516 g/mol. The normalized spacial score (nSPS) is 12.6. The Balaban J connectivity index is 2.15. The molecule has 0 atom stereocenters. The molecule has 0 saturated heterocycles. The summed E-state index contributed by atoms with van der Waals surface area (Å²) in [7, 11) is -4.41. The van der Waals surface area contributed by atoms with Gasteiger partial charge in [-0.25, -0.2) is 8.78 Å². The van der Waals surface area contributed by atoms with E-state index in [1.54, 1.807) is 0 Å². The molecule has 1 rings (SSSR count). The van der Waals surface area contributed by atoms with E-state index in [4.69, 9.17) is 0 Å². The van der Waals surface area contributed by atoms with Crippen molar-refractivity contribution in [1.82, 2.24) is 4.57 Å². The SMILES string of the molecule is CCCCCCCCCCCCCCCCCCn1cc[n+](C)c1OS(=O)(=O)C(F)(F)C(F)F. The minimum absolute atomic E-state index is 0.352. The van der Waals surface area contributed by atoms with E-state index in [1.165, 1.54) is 106 Å². The molecule has 0 spiro atoms. The zero-order valence-corrected chi connectivity index (χ0v) is 21.6. The molecule has 0 saturated carbocycles. The van der Waals surface area contributed by atoms with Crippen molar-refractivity contribution in [2.45, 2.75) is 128 Å². The summed E-state index contributed by atoms with van der Waals surface area (Å²) in [5.41, 5.74) is 0. The number of aromatic nitrogens is 2. The van der Waals surface area contributed by atoms with Gasteiger partial charge in [0.1, 0.15) is 12.4 Å². The van der Waals surface area contributed by atoms with E-state index in [1.807, 2.05) is 0 Å². The molecule has 0 amide bonds. The number of aryl methyl sites for hydroxylation is 2. The smallest absolute Gasteiger partial charge is 0.304 e. The van der Waals surface area contributed by atoms with Crippen LogP contribution in [0, 0.1) is 0 Å². The molecule has 0 bridgehead atoms. The lowest BCUT2D eigenvalue weighted by Gasteiger charge is -2.14.